The topological polar surface area (TPSA) is 30.7 Å². The summed E-state index contributed by atoms with van der Waals surface area (Å²) in [6.45, 7) is 8.80. The molecule has 0 unspecified atom stereocenters. The summed E-state index contributed by atoms with van der Waals surface area (Å²) in [7, 11) is 0. The van der Waals surface area contributed by atoms with E-state index in [1.165, 1.54) is 66.4 Å². The van der Waals surface area contributed by atoms with Crippen LogP contribution in [0.2, 0.25) is 0 Å². The van der Waals surface area contributed by atoms with Crippen LogP contribution < -0.4 is 0 Å². The molecule has 244 valence electrons. The van der Waals surface area contributed by atoms with E-state index in [2.05, 4.69) is 184 Å². The van der Waals surface area contributed by atoms with Crippen molar-refractivity contribution >= 4 is 32.7 Å². The second-order valence-electron chi connectivity index (χ2n) is 13.6. The predicted molar refractivity (Wildman–Crippen MR) is 215 cm³/mol. The highest BCUT2D eigenvalue weighted by atomic mass is 15.2. The molecule has 0 bridgehead atoms. The molecule has 0 aliphatic rings. The average molecular weight is 656 g/mol. The minimum absolute atomic E-state index is 0.664. The smallest absolute Gasteiger partial charge is 0.235 e. The van der Waals surface area contributed by atoms with Gasteiger partial charge >= 0.3 is 0 Å². The Kier molecular flexibility index (Phi) is 7.36. The molecular formula is C48H37N3. The zero-order chi connectivity index (χ0) is 34.6. The second kappa shape index (κ2) is 12.2. The summed E-state index contributed by atoms with van der Waals surface area (Å²) in [5.41, 5.74) is 17.6. The molecule has 0 aliphatic carbocycles. The van der Waals surface area contributed by atoms with Crippen LogP contribution in [0.25, 0.3) is 83.3 Å². The van der Waals surface area contributed by atoms with Crippen LogP contribution in [-0.4, -0.2) is 14.5 Å². The maximum atomic E-state index is 5.47. The molecule has 0 saturated carbocycles. The van der Waals surface area contributed by atoms with Gasteiger partial charge in [-0.05, 0) is 108 Å². The fraction of sp³-hybridized carbons (Fsp3) is 0.0833. The van der Waals surface area contributed by atoms with Crippen molar-refractivity contribution in [1.82, 2.24) is 14.5 Å². The summed E-state index contributed by atoms with van der Waals surface area (Å²) in [6, 6.07) is 54.3. The van der Waals surface area contributed by atoms with Crippen LogP contribution in [0.1, 0.15) is 22.3 Å². The van der Waals surface area contributed by atoms with E-state index in [1.54, 1.807) is 0 Å². The number of aromatic nitrogens is 3. The molecule has 2 heterocycles. The van der Waals surface area contributed by atoms with Crippen LogP contribution in [0.5, 0.6) is 0 Å². The quantitative estimate of drug-likeness (QED) is 0.185. The van der Waals surface area contributed by atoms with Crippen LogP contribution in [0.4, 0.5) is 0 Å². The molecule has 3 nitrogen and oxygen atoms in total. The first kappa shape index (κ1) is 30.7. The lowest BCUT2D eigenvalue weighted by Crippen LogP contribution is -2.04. The molecule has 3 heteroatoms. The van der Waals surface area contributed by atoms with Crippen molar-refractivity contribution in [3.8, 4) is 50.6 Å². The third-order valence-corrected chi connectivity index (χ3v) is 10.5. The van der Waals surface area contributed by atoms with Crippen LogP contribution in [0, 0.1) is 27.7 Å². The molecule has 9 rings (SSSR count). The third kappa shape index (κ3) is 5.04. The van der Waals surface area contributed by atoms with Gasteiger partial charge in [-0.15, -0.1) is 0 Å². The Morgan fingerprint density at radius 1 is 0.412 bits per heavy atom. The van der Waals surface area contributed by atoms with Gasteiger partial charge in [0.05, 0.1) is 22.2 Å². The summed E-state index contributed by atoms with van der Waals surface area (Å²) in [6.07, 6.45) is 0. The molecule has 0 radical (unpaired) electrons. The lowest BCUT2D eigenvalue weighted by molar-refractivity contribution is 1.01. The summed E-state index contributed by atoms with van der Waals surface area (Å²) in [5.74, 6) is 0.664. The molecule has 0 atom stereocenters. The maximum absolute atomic E-state index is 5.47. The number of fused-ring (bicyclic) bond motifs is 4. The van der Waals surface area contributed by atoms with E-state index in [0.717, 1.165) is 33.2 Å². The number of hydrogen-bond acceptors (Lipinski definition) is 2. The van der Waals surface area contributed by atoms with Gasteiger partial charge in [0, 0.05) is 21.7 Å². The first-order valence-corrected chi connectivity index (χ1v) is 17.6. The van der Waals surface area contributed by atoms with Crippen molar-refractivity contribution in [2.45, 2.75) is 27.7 Å². The van der Waals surface area contributed by atoms with Crippen LogP contribution in [0.15, 0.2) is 152 Å². The van der Waals surface area contributed by atoms with Gasteiger partial charge in [-0.3, -0.25) is 4.57 Å². The van der Waals surface area contributed by atoms with E-state index in [9.17, 15) is 0 Å². The van der Waals surface area contributed by atoms with Crippen molar-refractivity contribution < 1.29 is 0 Å². The van der Waals surface area contributed by atoms with Gasteiger partial charge in [-0.25, -0.2) is 9.97 Å². The number of benzene rings is 7. The van der Waals surface area contributed by atoms with Gasteiger partial charge in [0.1, 0.15) is 0 Å². The third-order valence-electron chi connectivity index (χ3n) is 10.5. The summed E-state index contributed by atoms with van der Waals surface area (Å²) in [4.78, 5) is 10.7. The Bertz CT molecular complexity index is 2800. The SMILES string of the molecule is Cc1ccccc1-c1cccc(-c2ccc3c(c2)c2ccccc2n3-c2nc(-c3cccc(C)c3-c3ccccc3C)c3ccccc3n2)c1C. The molecule has 51 heavy (non-hydrogen) atoms. The molecule has 0 saturated heterocycles. The van der Waals surface area contributed by atoms with Crippen molar-refractivity contribution in [2.24, 2.45) is 0 Å². The first-order valence-electron chi connectivity index (χ1n) is 17.6. The van der Waals surface area contributed by atoms with E-state index in [-0.39, 0.29) is 0 Å². The summed E-state index contributed by atoms with van der Waals surface area (Å²) >= 11 is 0. The van der Waals surface area contributed by atoms with E-state index >= 15 is 0 Å². The normalized spacial score (nSPS) is 11.5. The lowest BCUT2D eigenvalue weighted by Gasteiger charge is -2.17. The summed E-state index contributed by atoms with van der Waals surface area (Å²) < 4.78 is 2.24. The minimum Gasteiger partial charge on any atom is -0.278 e. The minimum atomic E-state index is 0.664. The number of para-hydroxylation sites is 2. The largest absolute Gasteiger partial charge is 0.278 e. The Hall–Kier alpha value is -6.32. The average Bonchev–Trinajstić information content (AvgIpc) is 3.49. The van der Waals surface area contributed by atoms with Crippen LogP contribution in [-0.2, 0) is 0 Å². The molecule has 0 N–H and O–H groups in total. The molecule has 0 fully saturated rings. The number of hydrogen-bond donors (Lipinski definition) is 0. The van der Waals surface area contributed by atoms with Gasteiger partial charge in [0.15, 0.2) is 0 Å². The highest BCUT2D eigenvalue weighted by Gasteiger charge is 2.21. The van der Waals surface area contributed by atoms with E-state index < -0.39 is 0 Å². The van der Waals surface area contributed by atoms with E-state index in [4.69, 9.17) is 9.97 Å². The monoisotopic (exact) mass is 655 g/mol. The molecule has 0 amide bonds. The lowest BCUT2D eigenvalue weighted by atomic mass is 9.90. The van der Waals surface area contributed by atoms with Crippen molar-refractivity contribution in [3.63, 3.8) is 0 Å². The van der Waals surface area contributed by atoms with Crippen LogP contribution >= 0.6 is 0 Å². The fourth-order valence-electron chi connectivity index (χ4n) is 7.92. The van der Waals surface area contributed by atoms with Crippen molar-refractivity contribution in [2.75, 3.05) is 0 Å². The standard InChI is InChI=1S/C48H37N3/c1-30-15-5-7-18-35(30)38-23-14-22-37(33(38)4)34-27-28-45-42(29-34)39-20-10-12-26-44(39)51(45)48-49-43-25-11-9-21-40(43)47(50-48)41-24-13-17-32(3)46(41)36-19-8-6-16-31(36)2/h5-29H,1-4H3. The molecule has 9 aromatic rings. The molecule has 0 aliphatic heterocycles. The molecule has 2 aromatic heterocycles. The van der Waals surface area contributed by atoms with Crippen molar-refractivity contribution in [3.05, 3.63) is 174 Å². The number of nitrogens with zero attached hydrogens (tertiary/aromatic N) is 3. The van der Waals surface area contributed by atoms with Gasteiger partial charge in [-0.2, -0.15) is 0 Å². The Labute approximate surface area is 298 Å². The molecule has 7 aromatic carbocycles. The second-order valence-corrected chi connectivity index (χ2v) is 13.6. The first-order chi connectivity index (χ1) is 25.0. The fourth-order valence-corrected chi connectivity index (χ4v) is 7.92. The van der Waals surface area contributed by atoms with Crippen molar-refractivity contribution in [1.29, 1.82) is 0 Å². The molecule has 0 spiro atoms. The van der Waals surface area contributed by atoms with E-state index in [1.807, 2.05) is 0 Å². The number of aryl methyl sites for hydroxylation is 3. The molecular weight excluding hydrogens is 619 g/mol. The Morgan fingerprint density at radius 3 is 1.80 bits per heavy atom. The van der Waals surface area contributed by atoms with Gasteiger partial charge in [0.2, 0.25) is 5.95 Å². The van der Waals surface area contributed by atoms with E-state index in [0.29, 0.717) is 5.95 Å². The zero-order valence-corrected chi connectivity index (χ0v) is 29.3. The highest BCUT2D eigenvalue weighted by Crippen LogP contribution is 2.41. The zero-order valence-electron chi connectivity index (χ0n) is 29.3. The van der Waals surface area contributed by atoms with Gasteiger partial charge in [0.25, 0.3) is 0 Å². The summed E-state index contributed by atoms with van der Waals surface area (Å²) in [5, 5.41) is 3.39. The maximum Gasteiger partial charge on any atom is 0.235 e. The predicted octanol–water partition coefficient (Wildman–Crippen LogP) is 12.6. The van der Waals surface area contributed by atoms with Gasteiger partial charge < -0.3 is 0 Å². The Balaban J connectivity index is 1.28. The Morgan fingerprint density at radius 2 is 1.00 bits per heavy atom. The number of rotatable bonds is 5. The van der Waals surface area contributed by atoms with Crippen LogP contribution in [0.3, 0.4) is 0 Å². The highest BCUT2D eigenvalue weighted by molar-refractivity contribution is 6.10. The van der Waals surface area contributed by atoms with Gasteiger partial charge in [-0.1, -0.05) is 127 Å².